The number of hydrogen-bond acceptors (Lipinski definition) is 3. The summed E-state index contributed by atoms with van der Waals surface area (Å²) in [5.74, 6) is -0.258. The molecule has 2 nitrogen and oxygen atoms in total. The van der Waals surface area contributed by atoms with E-state index in [9.17, 15) is 4.39 Å². The van der Waals surface area contributed by atoms with Crippen LogP contribution in [0.3, 0.4) is 0 Å². The fourth-order valence-corrected chi connectivity index (χ4v) is 2.69. The van der Waals surface area contributed by atoms with Crippen molar-refractivity contribution in [3.8, 4) is 11.3 Å². The monoisotopic (exact) mass is 284 g/mol. The second-order valence-corrected chi connectivity index (χ2v) is 4.96. The van der Waals surface area contributed by atoms with Crippen molar-refractivity contribution in [3.63, 3.8) is 0 Å². The largest absolute Gasteiger partial charge is 0.370 e. The third-order valence-corrected chi connectivity index (χ3v) is 3.75. The molecule has 18 heavy (non-hydrogen) atoms. The molecule has 0 aliphatic heterocycles. The number of hydrogen-bond donors (Lipinski definition) is 0. The van der Waals surface area contributed by atoms with Crippen LogP contribution >= 0.6 is 22.9 Å². The van der Waals surface area contributed by atoms with E-state index in [1.165, 1.54) is 17.4 Å². The lowest BCUT2D eigenvalue weighted by molar-refractivity contribution is 0.620. The summed E-state index contributed by atoms with van der Waals surface area (Å²) >= 11 is 7.69. The summed E-state index contributed by atoms with van der Waals surface area (Å²) in [7, 11) is 0. The van der Waals surface area contributed by atoms with Gasteiger partial charge < -0.3 is 4.90 Å². The van der Waals surface area contributed by atoms with E-state index >= 15 is 0 Å². The van der Waals surface area contributed by atoms with Gasteiger partial charge in [-0.1, -0.05) is 11.6 Å². The van der Waals surface area contributed by atoms with Gasteiger partial charge in [-0.3, -0.25) is 0 Å². The number of rotatable bonds is 4. The zero-order valence-corrected chi connectivity index (χ0v) is 11.9. The van der Waals surface area contributed by atoms with E-state index in [-0.39, 0.29) is 5.82 Å². The number of halogens is 2. The Morgan fingerprint density at radius 3 is 2.61 bits per heavy atom. The lowest BCUT2D eigenvalue weighted by atomic mass is 10.1. The van der Waals surface area contributed by atoms with Gasteiger partial charge in [0, 0.05) is 24.0 Å². The maximum atomic E-state index is 14.1. The Bertz CT molecular complexity index is 524. The second kappa shape index (κ2) is 5.67. The van der Waals surface area contributed by atoms with Gasteiger partial charge in [0.2, 0.25) is 0 Å². The molecule has 1 aromatic carbocycles. The van der Waals surface area contributed by atoms with E-state index < -0.39 is 0 Å². The molecule has 0 bridgehead atoms. The number of anilines is 1. The van der Waals surface area contributed by atoms with Crippen LogP contribution < -0.4 is 4.90 Å². The van der Waals surface area contributed by atoms with Gasteiger partial charge in [-0.25, -0.2) is 9.37 Å². The van der Waals surface area contributed by atoms with Gasteiger partial charge in [0.1, 0.15) is 5.82 Å². The molecular weight excluding hydrogens is 271 g/mol. The SMILES string of the molecule is CCN(CC)c1cc(Cl)c(-c2cscn2)cc1F. The third-order valence-electron chi connectivity index (χ3n) is 2.85. The zero-order valence-electron chi connectivity index (χ0n) is 10.3. The summed E-state index contributed by atoms with van der Waals surface area (Å²) in [5.41, 5.74) is 3.62. The predicted molar refractivity (Wildman–Crippen MR) is 76.1 cm³/mol. The van der Waals surface area contributed by atoms with Crippen molar-refractivity contribution < 1.29 is 4.39 Å². The molecule has 2 aromatic rings. The molecule has 0 amide bonds. The fourth-order valence-electron chi connectivity index (χ4n) is 1.88. The molecule has 0 aliphatic rings. The topological polar surface area (TPSA) is 16.1 Å². The highest BCUT2D eigenvalue weighted by Gasteiger charge is 2.14. The van der Waals surface area contributed by atoms with Crippen LogP contribution in [0.4, 0.5) is 10.1 Å². The van der Waals surface area contributed by atoms with Crippen molar-refractivity contribution in [1.29, 1.82) is 0 Å². The van der Waals surface area contributed by atoms with E-state index in [2.05, 4.69) is 4.98 Å². The molecule has 0 spiro atoms. The van der Waals surface area contributed by atoms with Crippen molar-refractivity contribution in [2.75, 3.05) is 18.0 Å². The normalized spacial score (nSPS) is 10.7. The van der Waals surface area contributed by atoms with Gasteiger partial charge in [0.05, 0.1) is 21.9 Å². The zero-order chi connectivity index (χ0) is 13.1. The van der Waals surface area contributed by atoms with E-state index in [4.69, 9.17) is 11.6 Å². The molecule has 96 valence electrons. The molecule has 1 aromatic heterocycles. The van der Waals surface area contributed by atoms with Crippen molar-refractivity contribution in [2.45, 2.75) is 13.8 Å². The maximum Gasteiger partial charge on any atom is 0.147 e. The molecule has 0 N–H and O–H groups in total. The molecule has 0 saturated heterocycles. The Kier molecular flexibility index (Phi) is 4.19. The first-order valence-corrected chi connectivity index (χ1v) is 7.12. The van der Waals surface area contributed by atoms with Crippen molar-refractivity contribution in [2.24, 2.45) is 0 Å². The smallest absolute Gasteiger partial charge is 0.147 e. The Labute approximate surface area is 115 Å². The van der Waals surface area contributed by atoms with Gasteiger partial charge in [-0.15, -0.1) is 11.3 Å². The predicted octanol–water partition coefficient (Wildman–Crippen LogP) is 4.45. The first kappa shape index (κ1) is 13.3. The molecule has 0 saturated carbocycles. The van der Waals surface area contributed by atoms with Gasteiger partial charge in [-0.05, 0) is 26.0 Å². The number of nitrogens with zero attached hydrogens (tertiary/aromatic N) is 2. The average Bonchev–Trinajstić information content (AvgIpc) is 2.88. The minimum absolute atomic E-state index is 0.258. The highest BCUT2D eigenvalue weighted by molar-refractivity contribution is 7.07. The maximum absolute atomic E-state index is 14.1. The summed E-state index contributed by atoms with van der Waals surface area (Å²) in [6.45, 7) is 5.48. The summed E-state index contributed by atoms with van der Waals surface area (Å²) in [6, 6.07) is 3.14. The molecule has 2 rings (SSSR count). The summed E-state index contributed by atoms with van der Waals surface area (Å²) in [5, 5.41) is 2.39. The number of thiazole rings is 1. The van der Waals surface area contributed by atoms with Gasteiger partial charge in [-0.2, -0.15) is 0 Å². The van der Waals surface area contributed by atoms with Crippen LogP contribution in [-0.2, 0) is 0 Å². The van der Waals surface area contributed by atoms with Crippen LogP contribution in [-0.4, -0.2) is 18.1 Å². The minimum atomic E-state index is -0.258. The van der Waals surface area contributed by atoms with Gasteiger partial charge >= 0.3 is 0 Å². The summed E-state index contributed by atoms with van der Waals surface area (Å²) < 4.78 is 14.1. The van der Waals surface area contributed by atoms with E-state index in [0.717, 1.165) is 18.8 Å². The molecule has 1 heterocycles. The highest BCUT2D eigenvalue weighted by atomic mass is 35.5. The number of aromatic nitrogens is 1. The van der Waals surface area contributed by atoms with Crippen LogP contribution in [0, 0.1) is 5.82 Å². The second-order valence-electron chi connectivity index (χ2n) is 3.83. The standard InChI is InChI=1S/C13H14ClFN2S/c1-3-17(4-2)13-6-10(14)9(5-11(13)15)12-7-18-8-16-12/h5-8H,3-4H2,1-2H3. The molecule has 0 atom stereocenters. The number of benzene rings is 1. The third kappa shape index (κ3) is 2.49. The van der Waals surface area contributed by atoms with Crippen LogP contribution in [0.2, 0.25) is 5.02 Å². The summed E-state index contributed by atoms with van der Waals surface area (Å²) in [6.07, 6.45) is 0. The van der Waals surface area contributed by atoms with Crippen LogP contribution in [0.1, 0.15) is 13.8 Å². The Morgan fingerprint density at radius 2 is 2.06 bits per heavy atom. The van der Waals surface area contributed by atoms with E-state index in [1.54, 1.807) is 11.6 Å². The molecule has 0 fully saturated rings. The quantitative estimate of drug-likeness (QED) is 0.825. The van der Waals surface area contributed by atoms with Crippen LogP contribution in [0.5, 0.6) is 0 Å². The Hall–Kier alpha value is -1.13. The Balaban J connectivity index is 2.47. The molecular formula is C13H14ClFN2S. The first-order chi connectivity index (χ1) is 8.67. The van der Waals surface area contributed by atoms with Crippen LogP contribution in [0.25, 0.3) is 11.3 Å². The highest BCUT2D eigenvalue weighted by Crippen LogP contribution is 2.33. The minimum Gasteiger partial charge on any atom is -0.370 e. The van der Waals surface area contributed by atoms with Crippen molar-refractivity contribution >= 4 is 28.6 Å². The molecule has 0 radical (unpaired) electrons. The first-order valence-electron chi connectivity index (χ1n) is 5.79. The van der Waals surface area contributed by atoms with Crippen molar-refractivity contribution in [3.05, 3.63) is 33.9 Å². The molecule has 5 heteroatoms. The Morgan fingerprint density at radius 1 is 1.33 bits per heavy atom. The lowest BCUT2D eigenvalue weighted by Crippen LogP contribution is -2.23. The average molecular weight is 285 g/mol. The molecule has 0 unspecified atom stereocenters. The lowest BCUT2D eigenvalue weighted by Gasteiger charge is -2.22. The molecule has 0 aliphatic carbocycles. The van der Waals surface area contributed by atoms with Crippen molar-refractivity contribution in [1.82, 2.24) is 4.98 Å². The van der Waals surface area contributed by atoms with Gasteiger partial charge in [0.15, 0.2) is 0 Å². The van der Waals surface area contributed by atoms with E-state index in [1.807, 2.05) is 24.1 Å². The summed E-state index contributed by atoms with van der Waals surface area (Å²) in [4.78, 5) is 6.09. The van der Waals surface area contributed by atoms with E-state index in [0.29, 0.717) is 16.3 Å². The fraction of sp³-hybridized carbons (Fsp3) is 0.308. The van der Waals surface area contributed by atoms with Crippen LogP contribution in [0.15, 0.2) is 23.0 Å². The van der Waals surface area contributed by atoms with Gasteiger partial charge in [0.25, 0.3) is 0 Å².